The Hall–Kier alpha value is -3.72. The molecule has 0 aliphatic carbocycles. The predicted octanol–water partition coefficient (Wildman–Crippen LogP) is 3.98. The van der Waals surface area contributed by atoms with E-state index in [-0.39, 0.29) is 5.78 Å². The van der Waals surface area contributed by atoms with Crippen LogP contribution in [0.3, 0.4) is 0 Å². The summed E-state index contributed by atoms with van der Waals surface area (Å²) in [6.07, 6.45) is -0.271. The Bertz CT molecular complexity index is 1120. The van der Waals surface area contributed by atoms with E-state index in [2.05, 4.69) is 21.6 Å². The zero-order valence-electron chi connectivity index (χ0n) is 18.4. The van der Waals surface area contributed by atoms with Crippen molar-refractivity contribution in [3.05, 3.63) is 77.4 Å². The van der Waals surface area contributed by atoms with E-state index in [1.807, 2.05) is 18.2 Å². The summed E-state index contributed by atoms with van der Waals surface area (Å²) >= 11 is 0. The lowest BCUT2D eigenvalue weighted by Gasteiger charge is -2.34. The highest BCUT2D eigenvalue weighted by molar-refractivity contribution is 6.07. The quantitative estimate of drug-likeness (QED) is 0.274. The Morgan fingerprint density at radius 2 is 1.50 bits per heavy atom. The van der Waals surface area contributed by atoms with E-state index in [9.17, 15) is 27.6 Å². The second-order valence-corrected chi connectivity index (χ2v) is 7.75. The van der Waals surface area contributed by atoms with Crippen LogP contribution in [0.15, 0.2) is 60.7 Å². The standard InChI is InChI=1S/C25H23F3N2O4/c1-29-12-14-30(15-13-29)21-7-3-6-20(17-21)22(31)10-8-18-4-2-5-19(16-18)9-11-23(32)34-24(33)25(26,27)28/h2-11,16-17H,12-15H2,1H3/b10-8+,11-9+. The van der Waals surface area contributed by atoms with Crippen molar-refractivity contribution in [3.8, 4) is 0 Å². The van der Waals surface area contributed by atoms with Crippen molar-refractivity contribution < 1.29 is 32.3 Å². The SMILES string of the molecule is CN1CCN(c2cccc(C(=O)/C=C/c3cccc(/C=C/C(=O)OC(=O)C(F)(F)F)c3)c2)CC1. The summed E-state index contributed by atoms with van der Waals surface area (Å²) in [6.45, 7) is 3.70. The lowest BCUT2D eigenvalue weighted by Crippen LogP contribution is -2.44. The summed E-state index contributed by atoms with van der Waals surface area (Å²) in [4.78, 5) is 39.2. The molecule has 34 heavy (non-hydrogen) atoms. The first-order chi connectivity index (χ1) is 16.1. The number of ketones is 1. The molecule has 0 spiro atoms. The fraction of sp³-hybridized carbons (Fsp3) is 0.240. The second-order valence-electron chi connectivity index (χ2n) is 7.75. The number of hydrogen-bond donors (Lipinski definition) is 0. The molecule has 0 radical (unpaired) electrons. The fourth-order valence-electron chi connectivity index (χ4n) is 3.30. The van der Waals surface area contributed by atoms with Gasteiger partial charge in [0.2, 0.25) is 0 Å². The number of halogens is 3. The van der Waals surface area contributed by atoms with E-state index >= 15 is 0 Å². The van der Waals surface area contributed by atoms with Gasteiger partial charge in [-0.15, -0.1) is 0 Å². The number of alkyl halides is 3. The normalized spacial score (nSPS) is 15.1. The number of esters is 2. The summed E-state index contributed by atoms with van der Waals surface area (Å²) in [7, 11) is 2.08. The molecule has 178 valence electrons. The van der Waals surface area contributed by atoms with Gasteiger partial charge in [-0.25, -0.2) is 9.59 Å². The van der Waals surface area contributed by atoms with Gasteiger partial charge in [0.05, 0.1) is 0 Å². The lowest BCUT2D eigenvalue weighted by atomic mass is 10.1. The Labute approximate surface area is 194 Å². The summed E-state index contributed by atoms with van der Waals surface area (Å²) in [5.74, 6) is -4.18. The van der Waals surface area contributed by atoms with Gasteiger partial charge in [0.25, 0.3) is 0 Å². The van der Waals surface area contributed by atoms with Gasteiger partial charge in [0, 0.05) is 43.5 Å². The van der Waals surface area contributed by atoms with E-state index in [1.54, 1.807) is 36.4 Å². The largest absolute Gasteiger partial charge is 0.491 e. The van der Waals surface area contributed by atoms with Gasteiger partial charge in [-0.2, -0.15) is 13.2 Å². The minimum Gasteiger partial charge on any atom is -0.383 e. The van der Waals surface area contributed by atoms with E-state index in [4.69, 9.17) is 0 Å². The first-order valence-corrected chi connectivity index (χ1v) is 10.5. The summed E-state index contributed by atoms with van der Waals surface area (Å²) < 4.78 is 40.1. The fourth-order valence-corrected chi connectivity index (χ4v) is 3.30. The van der Waals surface area contributed by atoms with Crippen molar-refractivity contribution in [2.45, 2.75) is 6.18 Å². The molecule has 2 aromatic rings. The number of rotatable bonds is 6. The van der Waals surface area contributed by atoms with Crippen LogP contribution in [0.4, 0.5) is 18.9 Å². The van der Waals surface area contributed by atoms with Crippen molar-refractivity contribution >= 4 is 35.6 Å². The van der Waals surface area contributed by atoms with Crippen LogP contribution in [0.5, 0.6) is 0 Å². The van der Waals surface area contributed by atoms with Crippen molar-refractivity contribution in [2.75, 3.05) is 38.1 Å². The number of anilines is 1. The van der Waals surface area contributed by atoms with E-state index in [0.29, 0.717) is 16.7 Å². The van der Waals surface area contributed by atoms with Crippen molar-refractivity contribution in [2.24, 2.45) is 0 Å². The zero-order chi connectivity index (χ0) is 24.7. The molecule has 0 aromatic heterocycles. The third-order valence-corrected chi connectivity index (χ3v) is 5.17. The molecule has 0 N–H and O–H groups in total. The van der Waals surface area contributed by atoms with Crippen LogP contribution in [0, 0.1) is 0 Å². The van der Waals surface area contributed by atoms with Gasteiger partial charge in [-0.1, -0.05) is 36.4 Å². The molecule has 2 aromatic carbocycles. The number of benzene rings is 2. The molecular formula is C25H23F3N2O4. The van der Waals surface area contributed by atoms with Crippen LogP contribution in [-0.4, -0.2) is 62.0 Å². The summed E-state index contributed by atoms with van der Waals surface area (Å²) in [5, 5.41) is 0. The van der Waals surface area contributed by atoms with Gasteiger partial charge in [-0.3, -0.25) is 4.79 Å². The average Bonchev–Trinajstić information content (AvgIpc) is 2.81. The van der Waals surface area contributed by atoms with Crippen LogP contribution in [-0.2, 0) is 14.3 Å². The molecule has 6 nitrogen and oxygen atoms in total. The highest BCUT2D eigenvalue weighted by atomic mass is 19.4. The smallest absolute Gasteiger partial charge is 0.383 e. The van der Waals surface area contributed by atoms with Gasteiger partial charge < -0.3 is 14.5 Å². The molecule has 0 unspecified atom stereocenters. The van der Waals surface area contributed by atoms with Gasteiger partial charge in [0.1, 0.15) is 0 Å². The van der Waals surface area contributed by atoms with Crippen LogP contribution < -0.4 is 4.90 Å². The third-order valence-electron chi connectivity index (χ3n) is 5.17. The monoisotopic (exact) mass is 472 g/mol. The summed E-state index contributed by atoms with van der Waals surface area (Å²) in [6, 6.07) is 14.1. The van der Waals surface area contributed by atoms with E-state index in [1.165, 1.54) is 12.2 Å². The number of allylic oxidation sites excluding steroid dienone is 1. The number of likely N-dealkylation sites (N-methyl/N-ethyl adjacent to an activating group) is 1. The number of hydrogen-bond acceptors (Lipinski definition) is 6. The molecule has 3 rings (SSSR count). The number of carbonyl (C=O) groups excluding carboxylic acids is 3. The molecule has 0 saturated carbocycles. The summed E-state index contributed by atoms with van der Waals surface area (Å²) in [5.41, 5.74) is 2.67. The third kappa shape index (κ3) is 7.14. The zero-order valence-corrected chi connectivity index (χ0v) is 18.4. The maximum atomic E-state index is 12.7. The maximum absolute atomic E-state index is 12.7. The number of piperazine rings is 1. The van der Waals surface area contributed by atoms with Gasteiger partial charge in [0.15, 0.2) is 5.78 Å². The molecule has 0 amide bonds. The minimum absolute atomic E-state index is 0.175. The Balaban J connectivity index is 1.63. The minimum atomic E-state index is -5.25. The first kappa shape index (κ1) is 24.9. The first-order valence-electron chi connectivity index (χ1n) is 10.5. The van der Waals surface area contributed by atoms with E-state index < -0.39 is 18.1 Å². The van der Waals surface area contributed by atoms with Crippen LogP contribution in [0.1, 0.15) is 21.5 Å². The average molecular weight is 472 g/mol. The topological polar surface area (TPSA) is 66.9 Å². The number of ether oxygens (including phenoxy) is 1. The molecule has 0 bridgehead atoms. The Kier molecular flexibility index (Phi) is 8.01. The molecule has 1 aliphatic rings. The Morgan fingerprint density at radius 3 is 2.15 bits per heavy atom. The second kappa shape index (κ2) is 10.9. The van der Waals surface area contributed by atoms with Crippen molar-refractivity contribution in [1.29, 1.82) is 0 Å². The molecule has 1 aliphatic heterocycles. The molecule has 9 heteroatoms. The van der Waals surface area contributed by atoms with E-state index in [0.717, 1.165) is 37.9 Å². The van der Waals surface area contributed by atoms with Gasteiger partial charge in [-0.05, 0) is 48.5 Å². The highest BCUT2D eigenvalue weighted by Gasteiger charge is 2.42. The van der Waals surface area contributed by atoms with Crippen LogP contribution in [0.2, 0.25) is 0 Å². The molecule has 1 saturated heterocycles. The molecular weight excluding hydrogens is 449 g/mol. The van der Waals surface area contributed by atoms with Crippen LogP contribution >= 0.6 is 0 Å². The number of carbonyl (C=O) groups is 3. The molecule has 1 fully saturated rings. The number of nitrogens with zero attached hydrogens (tertiary/aromatic N) is 2. The lowest BCUT2D eigenvalue weighted by molar-refractivity contribution is -0.200. The maximum Gasteiger partial charge on any atom is 0.491 e. The predicted molar refractivity (Wildman–Crippen MR) is 122 cm³/mol. The van der Waals surface area contributed by atoms with Crippen LogP contribution in [0.25, 0.3) is 12.2 Å². The molecule has 0 atom stereocenters. The van der Waals surface area contributed by atoms with Crippen molar-refractivity contribution in [3.63, 3.8) is 0 Å². The van der Waals surface area contributed by atoms with Gasteiger partial charge >= 0.3 is 18.1 Å². The highest BCUT2D eigenvalue weighted by Crippen LogP contribution is 2.19. The molecule has 1 heterocycles. The Morgan fingerprint density at radius 1 is 0.882 bits per heavy atom. The van der Waals surface area contributed by atoms with Crippen molar-refractivity contribution in [1.82, 2.24) is 4.90 Å².